The van der Waals surface area contributed by atoms with E-state index < -0.39 is 11.5 Å². The summed E-state index contributed by atoms with van der Waals surface area (Å²) in [5.41, 5.74) is 3.77. The first-order valence-corrected chi connectivity index (χ1v) is 12.8. The molecule has 1 aliphatic heterocycles. The number of aromatic nitrogens is 1. The summed E-state index contributed by atoms with van der Waals surface area (Å²) in [5.74, 6) is 0.266. The summed E-state index contributed by atoms with van der Waals surface area (Å²) in [5, 5.41) is 21.8. The standard InChI is InChI=1S/C28H34ClN3O4/c1-36-21-9-10-24-22(18-21)26(23(29)19-30-24)25(33)11-12-28(27(34)31-35)13-16-32(17-14-28)15-5-8-20-6-3-2-4-7-20/h2-4,6-7,9-10,18-19,25,33,35H,5,8,11-17H2,1H3,(H,31,34). The number of aliphatic hydroxyl groups is 1. The monoisotopic (exact) mass is 511 g/mol. The third-order valence-corrected chi connectivity index (χ3v) is 7.78. The first-order chi connectivity index (χ1) is 17.5. The van der Waals surface area contributed by atoms with Crippen LogP contribution in [0.15, 0.2) is 54.7 Å². The van der Waals surface area contributed by atoms with Crippen molar-refractivity contribution in [3.63, 3.8) is 0 Å². The topological polar surface area (TPSA) is 94.9 Å². The zero-order valence-electron chi connectivity index (χ0n) is 20.6. The fourth-order valence-corrected chi connectivity index (χ4v) is 5.53. The number of piperidine rings is 1. The Labute approximate surface area is 217 Å². The molecule has 0 bridgehead atoms. The van der Waals surface area contributed by atoms with E-state index in [2.05, 4.69) is 34.1 Å². The Bertz CT molecular complexity index is 1170. The predicted molar refractivity (Wildman–Crippen MR) is 140 cm³/mol. The maximum absolute atomic E-state index is 12.8. The number of pyridine rings is 1. The largest absolute Gasteiger partial charge is 0.497 e. The number of amides is 1. The van der Waals surface area contributed by atoms with E-state index in [0.717, 1.165) is 37.9 Å². The molecule has 0 saturated carbocycles. The molecular formula is C28H34ClN3O4. The number of ether oxygens (including phenoxy) is 1. The van der Waals surface area contributed by atoms with Crippen molar-refractivity contribution in [2.24, 2.45) is 5.41 Å². The molecule has 36 heavy (non-hydrogen) atoms. The maximum Gasteiger partial charge on any atom is 0.249 e. The molecule has 7 nitrogen and oxygen atoms in total. The van der Waals surface area contributed by atoms with Crippen LogP contribution in [0.5, 0.6) is 5.75 Å². The Balaban J connectivity index is 1.40. The van der Waals surface area contributed by atoms with Crippen LogP contribution in [0.25, 0.3) is 10.9 Å². The average Bonchev–Trinajstić information content (AvgIpc) is 2.92. The van der Waals surface area contributed by atoms with Crippen molar-refractivity contribution in [3.8, 4) is 5.75 Å². The SMILES string of the molecule is COc1ccc2ncc(Cl)c(C(O)CCC3(C(=O)NO)CCN(CCCc4ccccc4)CC3)c2c1. The molecule has 2 aromatic carbocycles. The van der Waals surface area contributed by atoms with Crippen LogP contribution < -0.4 is 10.2 Å². The van der Waals surface area contributed by atoms with Crippen molar-refractivity contribution in [1.29, 1.82) is 0 Å². The van der Waals surface area contributed by atoms with E-state index in [4.69, 9.17) is 16.3 Å². The summed E-state index contributed by atoms with van der Waals surface area (Å²) in [6.07, 6.45) is 4.74. The minimum atomic E-state index is -0.887. The minimum Gasteiger partial charge on any atom is -0.497 e. The lowest BCUT2D eigenvalue weighted by molar-refractivity contribution is -0.143. The molecule has 0 radical (unpaired) electrons. The molecule has 1 atom stereocenters. The lowest BCUT2D eigenvalue weighted by atomic mass is 9.73. The number of carbonyl (C=O) groups is 1. The van der Waals surface area contributed by atoms with Gasteiger partial charge >= 0.3 is 0 Å². The summed E-state index contributed by atoms with van der Waals surface area (Å²) in [4.78, 5) is 19.5. The highest BCUT2D eigenvalue weighted by atomic mass is 35.5. The summed E-state index contributed by atoms with van der Waals surface area (Å²) in [6.45, 7) is 2.51. The number of rotatable bonds is 10. The Morgan fingerprint density at radius 2 is 1.97 bits per heavy atom. The van der Waals surface area contributed by atoms with Crippen molar-refractivity contribution in [2.75, 3.05) is 26.7 Å². The molecule has 0 spiro atoms. The number of benzene rings is 2. The van der Waals surface area contributed by atoms with Gasteiger partial charge < -0.3 is 14.7 Å². The lowest BCUT2D eigenvalue weighted by Gasteiger charge is -2.40. The van der Waals surface area contributed by atoms with Crippen LogP contribution in [0.4, 0.5) is 0 Å². The molecule has 2 heterocycles. The Hall–Kier alpha value is -2.71. The van der Waals surface area contributed by atoms with Crippen LogP contribution in [0, 0.1) is 5.41 Å². The van der Waals surface area contributed by atoms with Gasteiger partial charge in [-0.05, 0) is 81.9 Å². The smallest absolute Gasteiger partial charge is 0.249 e. The summed E-state index contributed by atoms with van der Waals surface area (Å²) in [7, 11) is 1.58. The van der Waals surface area contributed by atoms with Gasteiger partial charge in [0.1, 0.15) is 5.75 Å². The normalized spacial score (nSPS) is 16.6. The van der Waals surface area contributed by atoms with Crippen molar-refractivity contribution in [1.82, 2.24) is 15.4 Å². The van der Waals surface area contributed by atoms with Crippen molar-refractivity contribution in [3.05, 3.63) is 70.9 Å². The quantitative estimate of drug-likeness (QED) is 0.264. The molecule has 1 aromatic heterocycles. The third-order valence-electron chi connectivity index (χ3n) is 7.48. The number of hydrogen-bond donors (Lipinski definition) is 3. The van der Waals surface area contributed by atoms with Gasteiger partial charge in [-0.25, -0.2) is 5.48 Å². The van der Waals surface area contributed by atoms with Crippen LogP contribution in [-0.4, -0.2) is 52.8 Å². The highest BCUT2D eigenvalue weighted by Gasteiger charge is 2.41. The molecule has 1 saturated heterocycles. The van der Waals surface area contributed by atoms with Gasteiger partial charge in [-0.15, -0.1) is 0 Å². The van der Waals surface area contributed by atoms with Crippen LogP contribution in [-0.2, 0) is 11.2 Å². The molecule has 1 amide bonds. The number of halogens is 1. The fraction of sp³-hybridized carbons (Fsp3) is 0.429. The number of likely N-dealkylation sites (tertiary alicyclic amines) is 1. The maximum atomic E-state index is 12.8. The van der Waals surface area contributed by atoms with E-state index in [0.29, 0.717) is 47.5 Å². The minimum absolute atomic E-state index is 0.331. The molecule has 1 aliphatic rings. The molecule has 8 heteroatoms. The third kappa shape index (κ3) is 5.98. The van der Waals surface area contributed by atoms with Crippen LogP contribution in [0.3, 0.4) is 0 Å². The first kappa shape index (κ1) is 26.4. The second-order valence-electron chi connectivity index (χ2n) is 9.61. The lowest BCUT2D eigenvalue weighted by Crippen LogP contribution is -2.48. The van der Waals surface area contributed by atoms with E-state index in [1.165, 1.54) is 5.56 Å². The Morgan fingerprint density at radius 1 is 1.22 bits per heavy atom. The summed E-state index contributed by atoms with van der Waals surface area (Å²) >= 11 is 6.46. The molecular weight excluding hydrogens is 478 g/mol. The van der Waals surface area contributed by atoms with Gasteiger partial charge in [0.25, 0.3) is 0 Å². The number of nitrogens with zero attached hydrogens (tertiary/aromatic N) is 2. The van der Waals surface area contributed by atoms with Gasteiger partial charge in [0.15, 0.2) is 0 Å². The zero-order chi connectivity index (χ0) is 25.5. The second-order valence-corrected chi connectivity index (χ2v) is 10.0. The van der Waals surface area contributed by atoms with Gasteiger partial charge in [-0.3, -0.25) is 15.0 Å². The molecule has 4 rings (SSSR count). The number of aliphatic hydroxyl groups excluding tert-OH is 1. The van der Waals surface area contributed by atoms with E-state index >= 15 is 0 Å². The number of hydroxylamine groups is 1. The molecule has 3 aromatic rings. The number of aryl methyl sites for hydroxylation is 1. The van der Waals surface area contributed by atoms with Crippen molar-refractivity contribution in [2.45, 2.75) is 44.6 Å². The summed E-state index contributed by atoms with van der Waals surface area (Å²) in [6, 6.07) is 15.9. The van der Waals surface area contributed by atoms with Gasteiger partial charge in [0.2, 0.25) is 5.91 Å². The molecule has 1 unspecified atom stereocenters. The number of carbonyl (C=O) groups excluding carboxylic acids is 1. The summed E-state index contributed by atoms with van der Waals surface area (Å²) < 4.78 is 5.34. The first-order valence-electron chi connectivity index (χ1n) is 12.5. The molecule has 3 N–H and O–H groups in total. The van der Waals surface area contributed by atoms with E-state index in [-0.39, 0.29) is 5.91 Å². The van der Waals surface area contributed by atoms with Gasteiger partial charge in [0.05, 0.1) is 29.2 Å². The number of nitrogens with one attached hydrogen (secondary N) is 1. The van der Waals surface area contributed by atoms with Crippen LogP contribution in [0.2, 0.25) is 5.02 Å². The fourth-order valence-electron chi connectivity index (χ4n) is 5.26. The van der Waals surface area contributed by atoms with E-state index in [9.17, 15) is 15.1 Å². The number of hydrogen-bond acceptors (Lipinski definition) is 6. The molecule has 0 aliphatic carbocycles. The Kier molecular flexibility index (Phi) is 8.80. The van der Waals surface area contributed by atoms with Gasteiger partial charge in [0, 0.05) is 17.1 Å². The predicted octanol–water partition coefficient (Wildman–Crippen LogP) is 4.93. The Morgan fingerprint density at radius 3 is 2.67 bits per heavy atom. The number of fused-ring (bicyclic) bond motifs is 1. The zero-order valence-corrected chi connectivity index (χ0v) is 21.4. The van der Waals surface area contributed by atoms with E-state index in [1.54, 1.807) is 13.3 Å². The van der Waals surface area contributed by atoms with Crippen LogP contribution in [0.1, 0.15) is 49.3 Å². The number of methoxy groups -OCH3 is 1. The highest BCUT2D eigenvalue weighted by Crippen LogP contribution is 2.41. The second kappa shape index (κ2) is 12.0. The van der Waals surface area contributed by atoms with Crippen molar-refractivity contribution < 1.29 is 19.8 Å². The van der Waals surface area contributed by atoms with Crippen LogP contribution >= 0.6 is 11.6 Å². The molecule has 192 valence electrons. The van der Waals surface area contributed by atoms with Crippen molar-refractivity contribution >= 4 is 28.4 Å². The van der Waals surface area contributed by atoms with Gasteiger partial charge in [-0.1, -0.05) is 41.9 Å². The average molecular weight is 512 g/mol. The highest BCUT2D eigenvalue weighted by molar-refractivity contribution is 6.32. The molecule has 1 fully saturated rings. The van der Waals surface area contributed by atoms with Gasteiger partial charge in [-0.2, -0.15) is 0 Å². The van der Waals surface area contributed by atoms with E-state index in [1.807, 2.05) is 29.7 Å².